The fourth-order valence-electron chi connectivity index (χ4n) is 1.32. The molecule has 0 aliphatic carbocycles. The SMILES string of the molecule is CCC(CC)C(O)C(C#N)C(=O)O. The summed E-state index contributed by atoms with van der Waals surface area (Å²) in [6.45, 7) is 3.74. The van der Waals surface area contributed by atoms with Gasteiger partial charge in [-0.3, -0.25) is 4.79 Å². The second kappa shape index (κ2) is 5.55. The third-order valence-electron chi connectivity index (χ3n) is 2.28. The Morgan fingerprint density at radius 3 is 2.15 bits per heavy atom. The highest BCUT2D eigenvalue weighted by molar-refractivity contribution is 5.73. The van der Waals surface area contributed by atoms with Crippen LogP contribution >= 0.6 is 0 Å². The van der Waals surface area contributed by atoms with Crippen LogP contribution < -0.4 is 0 Å². The van der Waals surface area contributed by atoms with Crippen LogP contribution in [0.25, 0.3) is 0 Å². The van der Waals surface area contributed by atoms with Gasteiger partial charge >= 0.3 is 5.97 Å². The van der Waals surface area contributed by atoms with Crippen molar-refractivity contribution in [2.75, 3.05) is 0 Å². The molecule has 2 N–H and O–H groups in total. The van der Waals surface area contributed by atoms with E-state index in [-0.39, 0.29) is 5.92 Å². The van der Waals surface area contributed by atoms with Crippen LogP contribution in [0.1, 0.15) is 26.7 Å². The first-order chi connectivity index (χ1) is 6.08. The summed E-state index contributed by atoms with van der Waals surface area (Å²) in [5.74, 6) is -2.66. The maximum atomic E-state index is 10.5. The number of rotatable bonds is 5. The van der Waals surface area contributed by atoms with Crippen molar-refractivity contribution in [2.45, 2.75) is 32.8 Å². The molecule has 0 spiro atoms. The standard InChI is InChI=1S/C9H15NO3/c1-3-6(4-2)8(11)7(5-10)9(12)13/h6-8,11H,3-4H2,1-2H3,(H,12,13). The van der Waals surface area contributed by atoms with E-state index in [9.17, 15) is 9.90 Å². The monoisotopic (exact) mass is 185 g/mol. The Hall–Kier alpha value is -1.08. The van der Waals surface area contributed by atoms with Crippen LogP contribution in [0.5, 0.6) is 0 Å². The molecule has 0 rings (SSSR count). The van der Waals surface area contributed by atoms with Gasteiger partial charge in [-0.1, -0.05) is 26.7 Å². The lowest BCUT2D eigenvalue weighted by atomic mass is 9.88. The van der Waals surface area contributed by atoms with Crippen LogP contribution in [0.2, 0.25) is 0 Å². The lowest BCUT2D eigenvalue weighted by Crippen LogP contribution is -2.33. The predicted octanol–water partition coefficient (Wildman–Crippen LogP) is 1.01. The van der Waals surface area contributed by atoms with Gasteiger partial charge < -0.3 is 10.2 Å². The highest BCUT2D eigenvalue weighted by atomic mass is 16.4. The van der Waals surface area contributed by atoms with E-state index >= 15 is 0 Å². The zero-order valence-electron chi connectivity index (χ0n) is 7.90. The first-order valence-corrected chi connectivity index (χ1v) is 4.38. The molecule has 0 saturated carbocycles. The molecule has 0 aliphatic rings. The Labute approximate surface area is 77.8 Å². The minimum absolute atomic E-state index is 0.110. The summed E-state index contributed by atoms with van der Waals surface area (Å²) < 4.78 is 0. The summed E-state index contributed by atoms with van der Waals surface area (Å²) in [6.07, 6.45) is 0.309. The van der Waals surface area contributed by atoms with E-state index in [1.807, 2.05) is 13.8 Å². The minimum Gasteiger partial charge on any atom is -0.480 e. The van der Waals surface area contributed by atoms with E-state index in [1.54, 1.807) is 6.07 Å². The van der Waals surface area contributed by atoms with Crippen LogP contribution in [0.3, 0.4) is 0 Å². The van der Waals surface area contributed by atoms with Gasteiger partial charge in [-0.05, 0) is 5.92 Å². The van der Waals surface area contributed by atoms with Crippen LogP contribution in [0.15, 0.2) is 0 Å². The van der Waals surface area contributed by atoms with Gasteiger partial charge in [0.05, 0.1) is 12.2 Å². The summed E-state index contributed by atoms with van der Waals surface area (Å²) in [7, 11) is 0. The van der Waals surface area contributed by atoms with Crippen molar-refractivity contribution in [3.05, 3.63) is 0 Å². The zero-order valence-corrected chi connectivity index (χ0v) is 7.90. The summed E-state index contributed by atoms with van der Waals surface area (Å²) in [4.78, 5) is 10.5. The molecule has 0 heterocycles. The van der Waals surface area contributed by atoms with Crippen LogP contribution in [-0.4, -0.2) is 22.3 Å². The van der Waals surface area contributed by atoms with Gasteiger partial charge in [0.1, 0.15) is 0 Å². The molecule has 4 heteroatoms. The number of carboxylic acid groups (broad SMARTS) is 1. The summed E-state index contributed by atoms with van der Waals surface area (Å²) in [5.41, 5.74) is 0. The topological polar surface area (TPSA) is 81.3 Å². The van der Waals surface area contributed by atoms with Gasteiger partial charge in [0.15, 0.2) is 5.92 Å². The third kappa shape index (κ3) is 3.03. The number of aliphatic hydroxyl groups is 1. The second-order valence-corrected chi connectivity index (χ2v) is 3.01. The fourth-order valence-corrected chi connectivity index (χ4v) is 1.32. The Kier molecular flexibility index (Phi) is 5.09. The zero-order chi connectivity index (χ0) is 10.4. The molecule has 0 aromatic rings. The predicted molar refractivity (Wildman–Crippen MR) is 46.8 cm³/mol. The molecule has 2 atom stereocenters. The van der Waals surface area contributed by atoms with E-state index in [0.717, 1.165) is 0 Å². The highest BCUT2D eigenvalue weighted by Gasteiger charge is 2.30. The van der Waals surface area contributed by atoms with Crippen molar-refractivity contribution >= 4 is 5.97 Å². The van der Waals surface area contributed by atoms with Crippen molar-refractivity contribution in [3.8, 4) is 6.07 Å². The number of carbonyl (C=O) groups is 1. The number of nitriles is 1. The smallest absolute Gasteiger partial charge is 0.323 e. The molecule has 0 amide bonds. The average Bonchev–Trinajstić information content (AvgIpc) is 2.07. The molecule has 0 saturated heterocycles. The number of aliphatic hydroxyl groups excluding tert-OH is 1. The molecule has 0 aromatic carbocycles. The average molecular weight is 185 g/mol. The minimum atomic E-state index is -1.30. The molecule has 0 bridgehead atoms. The van der Waals surface area contributed by atoms with Crippen LogP contribution in [0, 0.1) is 23.2 Å². The number of nitrogens with zero attached hydrogens (tertiary/aromatic N) is 1. The Morgan fingerprint density at radius 1 is 1.46 bits per heavy atom. The number of hydrogen-bond acceptors (Lipinski definition) is 3. The first kappa shape index (κ1) is 11.9. The van der Waals surface area contributed by atoms with Gasteiger partial charge in [0.25, 0.3) is 0 Å². The quantitative estimate of drug-likeness (QED) is 0.669. The Bertz CT molecular complexity index is 205. The summed E-state index contributed by atoms with van der Waals surface area (Å²) in [6, 6.07) is 1.60. The molecular formula is C9H15NO3. The maximum Gasteiger partial charge on any atom is 0.323 e. The van der Waals surface area contributed by atoms with Gasteiger partial charge in [0.2, 0.25) is 0 Å². The van der Waals surface area contributed by atoms with Gasteiger partial charge in [-0.25, -0.2) is 0 Å². The number of carboxylic acids is 1. The van der Waals surface area contributed by atoms with Crippen molar-refractivity contribution < 1.29 is 15.0 Å². The Morgan fingerprint density at radius 2 is 1.92 bits per heavy atom. The molecular weight excluding hydrogens is 170 g/mol. The lowest BCUT2D eigenvalue weighted by Gasteiger charge is -2.21. The normalized spacial score (nSPS) is 15.0. The Balaban J connectivity index is 4.45. The van der Waals surface area contributed by atoms with Crippen molar-refractivity contribution in [2.24, 2.45) is 11.8 Å². The first-order valence-electron chi connectivity index (χ1n) is 4.38. The molecule has 74 valence electrons. The second-order valence-electron chi connectivity index (χ2n) is 3.01. The highest BCUT2D eigenvalue weighted by Crippen LogP contribution is 2.19. The van der Waals surface area contributed by atoms with Crippen molar-refractivity contribution in [1.29, 1.82) is 5.26 Å². The molecule has 13 heavy (non-hydrogen) atoms. The van der Waals surface area contributed by atoms with Crippen LogP contribution in [0.4, 0.5) is 0 Å². The summed E-state index contributed by atoms with van der Waals surface area (Å²) in [5, 5.41) is 26.7. The molecule has 2 unspecified atom stereocenters. The third-order valence-corrected chi connectivity index (χ3v) is 2.28. The van der Waals surface area contributed by atoms with E-state index < -0.39 is 18.0 Å². The van der Waals surface area contributed by atoms with E-state index in [2.05, 4.69) is 0 Å². The van der Waals surface area contributed by atoms with E-state index in [4.69, 9.17) is 10.4 Å². The van der Waals surface area contributed by atoms with E-state index in [0.29, 0.717) is 12.8 Å². The molecule has 0 aliphatic heterocycles. The fraction of sp³-hybridized carbons (Fsp3) is 0.778. The van der Waals surface area contributed by atoms with Crippen molar-refractivity contribution in [3.63, 3.8) is 0 Å². The molecule has 0 fully saturated rings. The maximum absolute atomic E-state index is 10.5. The number of aliphatic carboxylic acids is 1. The van der Waals surface area contributed by atoms with Gasteiger partial charge in [0, 0.05) is 0 Å². The largest absolute Gasteiger partial charge is 0.480 e. The molecule has 0 aromatic heterocycles. The van der Waals surface area contributed by atoms with E-state index in [1.165, 1.54) is 0 Å². The van der Waals surface area contributed by atoms with Gasteiger partial charge in [-0.15, -0.1) is 0 Å². The van der Waals surface area contributed by atoms with Crippen LogP contribution in [-0.2, 0) is 4.79 Å². The molecule has 0 radical (unpaired) electrons. The lowest BCUT2D eigenvalue weighted by molar-refractivity contribution is -0.144. The molecule has 4 nitrogen and oxygen atoms in total. The van der Waals surface area contributed by atoms with Crippen molar-refractivity contribution in [1.82, 2.24) is 0 Å². The van der Waals surface area contributed by atoms with Gasteiger partial charge in [-0.2, -0.15) is 5.26 Å². The number of hydrogen-bond donors (Lipinski definition) is 2. The summed E-state index contributed by atoms with van der Waals surface area (Å²) >= 11 is 0.